The zero-order valence-electron chi connectivity index (χ0n) is 15.5. The second-order valence-corrected chi connectivity index (χ2v) is 6.96. The van der Waals surface area contributed by atoms with Crippen molar-refractivity contribution in [1.82, 2.24) is 0 Å². The van der Waals surface area contributed by atoms with Crippen LogP contribution in [0.4, 0.5) is 0 Å². The molecule has 0 radical (unpaired) electrons. The fraction of sp³-hybridized carbons (Fsp3) is 0.857. The van der Waals surface area contributed by atoms with Crippen molar-refractivity contribution >= 4 is 5.78 Å². The van der Waals surface area contributed by atoms with Gasteiger partial charge in [-0.25, -0.2) is 0 Å². The zero-order valence-corrected chi connectivity index (χ0v) is 15.5. The maximum atomic E-state index is 11.5. The lowest BCUT2D eigenvalue weighted by atomic mass is 10.0. The van der Waals surface area contributed by atoms with Crippen molar-refractivity contribution in [3.63, 3.8) is 0 Å². The molecule has 0 aromatic rings. The van der Waals surface area contributed by atoms with Crippen LogP contribution in [0.15, 0.2) is 12.2 Å². The fourth-order valence-electron chi connectivity index (χ4n) is 2.66. The van der Waals surface area contributed by atoms with Crippen molar-refractivity contribution in [2.45, 2.75) is 111 Å². The Balaban J connectivity index is 3.14. The van der Waals surface area contributed by atoms with Gasteiger partial charge in [-0.1, -0.05) is 84.3 Å². The predicted octanol–water partition coefficient (Wildman–Crippen LogP) is 7.25. The minimum Gasteiger partial charge on any atom is -0.299 e. The standard InChI is InChI=1S/C21H40O/c1-4-5-6-7-8-9-10-11-12-13-14-15-16-17-18-19-21(22)20(2)3/h9-10,20H,4-8,11-19H2,1-3H3/b10-9+. The minimum atomic E-state index is 0.222. The highest BCUT2D eigenvalue weighted by Crippen LogP contribution is 2.12. The number of carbonyl (C=O) groups excluding carboxylic acids is 1. The van der Waals surface area contributed by atoms with Crippen LogP contribution in [0.2, 0.25) is 0 Å². The molecule has 0 aliphatic rings. The zero-order chi connectivity index (χ0) is 16.5. The van der Waals surface area contributed by atoms with E-state index in [0.717, 1.165) is 12.8 Å². The van der Waals surface area contributed by atoms with Crippen LogP contribution in [0, 0.1) is 5.92 Å². The molecule has 0 bridgehead atoms. The molecule has 0 N–H and O–H groups in total. The lowest BCUT2D eigenvalue weighted by Gasteiger charge is -2.04. The maximum absolute atomic E-state index is 11.5. The van der Waals surface area contributed by atoms with Crippen LogP contribution in [0.5, 0.6) is 0 Å². The third-order valence-corrected chi connectivity index (χ3v) is 4.33. The molecule has 0 aliphatic carbocycles. The van der Waals surface area contributed by atoms with Gasteiger partial charge < -0.3 is 0 Å². The quantitative estimate of drug-likeness (QED) is 0.217. The molecule has 0 saturated carbocycles. The van der Waals surface area contributed by atoms with Crippen LogP contribution in [0.25, 0.3) is 0 Å². The van der Waals surface area contributed by atoms with E-state index in [1.165, 1.54) is 77.0 Å². The van der Waals surface area contributed by atoms with Crippen molar-refractivity contribution in [2.24, 2.45) is 5.92 Å². The Morgan fingerprint density at radius 3 is 1.68 bits per heavy atom. The third kappa shape index (κ3) is 15.8. The van der Waals surface area contributed by atoms with Crippen LogP contribution in [-0.4, -0.2) is 5.78 Å². The summed E-state index contributed by atoms with van der Waals surface area (Å²) >= 11 is 0. The third-order valence-electron chi connectivity index (χ3n) is 4.33. The Morgan fingerprint density at radius 1 is 0.727 bits per heavy atom. The molecular weight excluding hydrogens is 268 g/mol. The first-order valence-electron chi connectivity index (χ1n) is 9.86. The molecule has 0 amide bonds. The van der Waals surface area contributed by atoms with Crippen molar-refractivity contribution < 1.29 is 4.79 Å². The average molecular weight is 309 g/mol. The molecule has 0 rings (SSSR count). The normalized spacial score (nSPS) is 11.6. The van der Waals surface area contributed by atoms with E-state index in [1.807, 2.05) is 13.8 Å². The Morgan fingerprint density at radius 2 is 1.18 bits per heavy atom. The first-order valence-corrected chi connectivity index (χ1v) is 9.86. The highest BCUT2D eigenvalue weighted by molar-refractivity contribution is 5.80. The summed E-state index contributed by atoms with van der Waals surface area (Å²) in [6, 6.07) is 0. The number of hydrogen-bond donors (Lipinski definition) is 0. The number of carbonyl (C=O) groups is 1. The molecule has 1 nitrogen and oxygen atoms in total. The smallest absolute Gasteiger partial charge is 0.135 e. The summed E-state index contributed by atoms with van der Waals surface area (Å²) in [5.74, 6) is 0.654. The molecule has 0 saturated heterocycles. The van der Waals surface area contributed by atoms with Gasteiger partial charge in [0.05, 0.1) is 0 Å². The van der Waals surface area contributed by atoms with E-state index in [2.05, 4.69) is 19.1 Å². The van der Waals surface area contributed by atoms with Gasteiger partial charge in [0, 0.05) is 12.3 Å². The molecule has 0 aromatic carbocycles. The van der Waals surface area contributed by atoms with Gasteiger partial charge in [0.25, 0.3) is 0 Å². The van der Waals surface area contributed by atoms with Gasteiger partial charge in [-0.3, -0.25) is 4.79 Å². The Kier molecular flexibility index (Phi) is 16.3. The van der Waals surface area contributed by atoms with Crippen LogP contribution in [0.1, 0.15) is 111 Å². The largest absolute Gasteiger partial charge is 0.299 e. The fourth-order valence-corrected chi connectivity index (χ4v) is 2.66. The van der Waals surface area contributed by atoms with Crippen LogP contribution >= 0.6 is 0 Å². The van der Waals surface area contributed by atoms with Gasteiger partial charge in [0.2, 0.25) is 0 Å². The average Bonchev–Trinajstić information content (AvgIpc) is 2.50. The summed E-state index contributed by atoms with van der Waals surface area (Å²) in [5.41, 5.74) is 0. The molecular formula is C21H40O. The van der Waals surface area contributed by atoms with E-state index >= 15 is 0 Å². The number of unbranched alkanes of at least 4 members (excludes halogenated alkanes) is 11. The van der Waals surface area contributed by atoms with E-state index in [4.69, 9.17) is 0 Å². The Bertz CT molecular complexity index is 265. The second-order valence-electron chi connectivity index (χ2n) is 6.96. The molecule has 0 aromatic heterocycles. The maximum Gasteiger partial charge on any atom is 0.135 e. The van der Waals surface area contributed by atoms with E-state index in [9.17, 15) is 4.79 Å². The van der Waals surface area contributed by atoms with Gasteiger partial charge >= 0.3 is 0 Å². The topological polar surface area (TPSA) is 17.1 Å². The van der Waals surface area contributed by atoms with Crippen molar-refractivity contribution in [2.75, 3.05) is 0 Å². The monoisotopic (exact) mass is 308 g/mol. The van der Waals surface area contributed by atoms with Crippen molar-refractivity contribution in [3.8, 4) is 0 Å². The summed E-state index contributed by atoms with van der Waals surface area (Å²) in [6.45, 7) is 6.27. The molecule has 0 aliphatic heterocycles. The highest BCUT2D eigenvalue weighted by atomic mass is 16.1. The van der Waals surface area contributed by atoms with Crippen molar-refractivity contribution in [3.05, 3.63) is 12.2 Å². The van der Waals surface area contributed by atoms with E-state index in [-0.39, 0.29) is 5.92 Å². The molecule has 22 heavy (non-hydrogen) atoms. The van der Waals surface area contributed by atoms with Gasteiger partial charge in [-0.15, -0.1) is 0 Å². The SMILES string of the molecule is CCCCCC/C=C/CCCCCCCCCC(=O)C(C)C. The molecule has 0 unspecified atom stereocenters. The van der Waals surface area contributed by atoms with Gasteiger partial charge in [-0.05, 0) is 32.1 Å². The number of ketones is 1. The second kappa shape index (κ2) is 16.8. The van der Waals surface area contributed by atoms with Crippen LogP contribution < -0.4 is 0 Å². The van der Waals surface area contributed by atoms with Crippen molar-refractivity contribution in [1.29, 1.82) is 0 Å². The molecule has 0 heterocycles. The number of Topliss-reactive ketones (excluding diaryl/α,β-unsaturated/α-hetero) is 1. The Hall–Kier alpha value is -0.590. The molecule has 0 atom stereocenters. The first-order chi connectivity index (χ1) is 10.7. The molecule has 1 heteroatoms. The number of allylic oxidation sites excluding steroid dienone is 2. The van der Waals surface area contributed by atoms with Gasteiger partial charge in [0.1, 0.15) is 5.78 Å². The summed E-state index contributed by atoms with van der Waals surface area (Å²) in [6.07, 6.45) is 22.6. The molecule has 130 valence electrons. The van der Waals surface area contributed by atoms with Gasteiger partial charge in [0.15, 0.2) is 0 Å². The lowest BCUT2D eigenvalue weighted by Crippen LogP contribution is -2.05. The Labute approximate surface area is 140 Å². The molecule has 0 fully saturated rings. The highest BCUT2D eigenvalue weighted by Gasteiger charge is 2.05. The van der Waals surface area contributed by atoms with E-state index < -0.39 is 0 Å². The predicted molar refractivity (Wildman–Crippen MR) is 99.3 cm³/mol. The first kappa shape index (κ1) is 21.4. The summed E-state index contributed by atoms with van der Waals surface area (Å²) in [4.78, 5) is 11.5. The van der Waals surface area contributed by atoms with Crippen LogP contribution in [0.3, 0.4) is 0 Å². The van der Waals surface area contributed by atoms with E-state index in [0.29, 0.717) is 5.78 Å². The summed E-state index contributed by atoms with van der Waals surface area (Å²) in [7, 11) is 0. The van der Waals surface area contributed by atoms with E-state index in [1.54, 1.807) is 0 Å². The minimum absolute atomic E-state index is 0.222. The van der Waals surface area contributed by atoms with Gasteiger partial charge in [-0.2, -0.15) is 0 Å². The summed E-state index contributed by atoms with van der Waals surface area (Å²) in [5, 5.41) is 0. The lowest BCUT2D eigenvalue weighted by molar-refractivity contribution is -0.122. The summed E-state index contributed by atoms with van der Waals surface area (Å²) < 4.78 is 0. The molecule has 0 spiro atoms. The number of hydrogen-bond acceptors (Lipinski definition) is 1. The number of rotatable bonds is 16. The van der Waals surface area contributed by atoms with Crippen LogP contribution in [-0.2, 0) is 4.79 Å².